The summed E-state index contributed by atoms with van der Waals surface area (Å²) in [5.74, 6) is -0.403. The van der Waals surface area contributed by atoms with Crippen molar-refractivity contribution in [2.24, 2.45) is 0 Å². The Balaban J connectivity index is 1.91. The van der Waals surface area contributed by atoms with E-state index < -0.39 is 36.6 Å². The van der Waals surface area contributed by atoms with E-state index in [1.165, 1.54) is 6.20 Å². The summed E-state index contributed by atoms with van der Waals surface area (Å²) in [4.78, 5) is 24.8. The minimum Gasteiger partial charge on any atom is -0.400 e. The SMILES string of the molecule is CC1(C)OB(C(=C/C=C/N2C(=O)CCC2=O)B2OC(C)(C)C(C)(C)O2)OC1(C)C. The highest BCUT2D eigenvalue weighted by molar-refractivity contribution is 6.78. The average Bonchev–Trinajstić information content (AvgIpc) is 3.06. The van der Waals surface area contributed by atoms with E-state index in [0.29, 0.717) is 5.37 Å². The highest BCUT2D eigenvalue weighted by Crippen LogP contribution is 2.43. The first-order valence-corrected chi connectivity index (χ1v) is 10.1. The molecule has 3 fully saturated rings. The van der Waals surface area contributed by atoms with Crippen LogP contribution in [0.4, 0.5) is 0 Å². The maximum absolute atomic E-state index is 11.8. The Hall–Kier alpha value is -1.41. The van der Waals surface area contributed by atoms with Crippen molar-refractivity contribution >= 4 is 26.1 Å². The van der Waals surface area contributed by atoms with Crippen LogP contribution in [0, 0.1) is 0 Å². The molecule has 0 aromatic carbocycles. The van der Waals surface area contributed by atoms with Crippen molar-refractivity contribution in [1.82, 2.24) is 4.90 Å². The van der Waals surface area contributed by atoms with Gasteiger partial charge in [0.25, 0.3) is 0 Å². The third-order valence-electron chi connectivity index (χ3n) is 6.66. The lowest BCUT2D eigenvalue weighted by Crippen LogP contribution is -2.41. The zero-order chi connectivity index (χ0) is 21.8. The van der Waals surface area contributed by atoms with Gasteiger partial charge in [-0.25, -0.2) is 0 Å². The van der Waals surface area contributed by atoms with Gasteiger partial charge in [0.2, 0.25) is 11.8 Å². The van der Waals surface area contributed by atoms with Crippen LogP contribution in [0.25, 0.3) is 0 Å². The third kappa shape index (κ3) is 3.98. The van der Waals surface area contributed by atoms with E-state index >= 15 is 0 Å². The Kier molecular flexibility index (Phi) is 5.44. The van der Waals surface area contributed by atoms with Crippen LogP contribution in [0.5, 0.6) is 0 Å². The van der Waals surface area contributed by atoms with Gasteiger partial charge in [0.05, 0.1) is 22.4 Å². The lowest BCUT2D eigenvalue weighted by Gasteiger charge is -2.32. The van der Waals surface area contributed by atoms with E-state index in [2.05, 4.69) is 0 Å². The molecule has 7 nitrogen and oxygen atoms in total. The molecule has 9 heteroatoms. The molecule has 0 aromatic heterocycles. The van der Waals surface area contributed by atoms with Crippen LogP contribution in [0.1, 0.15) is 68.2 Å². The molecule has 0 unspecified atom stereocenters. The largest absolute Gasteiger partial charge is 0.486 e. The number of nitrogens with zero attached hydrogens (tertiary/aromatic N) is 1. The highest BCUT2D eigenvalue weighted by Gasteiger charge is 2.59. The molecule has 2 amide bonds. The number of imide groups is 1. The minimum absolute atomic E-state index is 0.201. The van der Waals surface area contributed by atoms with E-state index in [0.717, 1.165) is 4.90 Å². The summed E-state index contributed by atoms with van der Waals surface area (Å²) in [5.41, 5.74) is -2.09. The predicted molar refractivity (Wildman–Crippen MR) is 110 cm³/mol. The van der Waals surface area contributed by atoms with E-state index in [1.807, 2.05) is 55.4 Å². The Bertz CT molecular complexity index is 685. The van der Waals surface area contributed by atoms with Crippen LogP contribution in [-0.2, 0) is 28.2 Å². The van der Waals surface area contributed by atoms with Gasteiger partial charge in [0.15, 0.2) is 0 Å². The van der Waals surface area contributed by atoms with E-state index in [9.17, 15) is 9.59 Å². The van der Waals surface area contributed by atoms with Gasteiger partial charge in [-0.3, -0.25) is 14.5 Å². The van der Waals surface area contributed by atoms with Gasteiger partial charge in [0, 0.05) is 19.0 Å². The van der Waals surface area contributed by atoms with Crippen molar-refractivity contribution in [2.75, 3.05) is 0 Å². The molecule has 158 valence electrons. The zero-order valence-electron chi connectivity index (χ0n) is 18.7. The summed E-state index contributed by atoms with van der Waals surface area (Å²) in [6.45, 7) is 15.8. The standard InChI is InChI=1S/C20H31B2NO6/c1-17(2)18(3,4)27-21(26-17)14(22-28-19(5,6)20(7,8)29-22)10-9-13-23-15(24)11-12-16(23)25/h9-10,13H,11-12H2,1-8H3/b13-9+. The van der Waals surface area contributed by atoms with E-state index in [1.54, 1.807) is 12.2 Å². The first kappa shape index (κ1) is 22.3. The summed E-state index contributed by atoms with van der Waals surface area (Å²) in [6, 6.07) is 0. The Morgan fingerprint density at radius 3 is 1.45 bits per heavy atom. The Labute approximate surface area is 174 Å². The van der Waals surface area contributed by atoms with Crippen LogP contribution in [0.3, 0.4) is 0 Å². The van der Waals surface area contributed by atoms with Crippen LogP contribution in [0.15, 0.2) is 23.7 Å². The average molecular weight is 403 g/mol. The van der Waals surface area contributed by atoms with E-state index in [4.69, 9.17) is 18.6 Å². The molecular weight excluding hydrogens is 372 g/mol. The van der Waals surface area contributed by atoms with Crippen LogP contribution >= 0.6 is 0 Å². The van der Waals surface area contributed by atoms with Gasteiger partial charge in [-0.05, 0) is 66.8 Å². The molecular formula is C20H31B2NO6. The van der Waals surface area contributed by atoms with Crippen molar-refractivity contribution in [3.8, 4) is 0 Å². The predicted octanol–water partition coefficient (Wildman–Crippen LogP) is 2.84. The van der Waals surface area contributed by atoms with Crippen LogP contribution in [-0.4, -0.2) is 53.4 Å². The zero-order valence-corrected chi connectivity index (χ0v) is 18.7. The van der Waals surface area contributed by atoms with Crippen molar-refractivity contribution in [2.45, 2.75) is 90.6 Å². The summed E-state index contributed by atoms with van der Waals surface area (Å²) < 4.78 is 24.8. The van der Waals surface area contributed by atoms with Gasteiger partial charge >= 0.3 is 14.2 Å². The van der Waals surface area contributed by atoms with Gasteiger partial charge < -0.3 is 18.6 Å². The molecule has 0 bridgehead atoms. The second kappa shape index (κ2) is 7.08. The third-order valence-corrected chi connectivity index (χ3v) is 6.66. The van der Waals surface area contributed by atoms with Crippen molar-refractivity contribution in [3.05, 3.63) is 23.7 Å². The minimum atomic E-state index is -0.677. The number of carbonyl (C=O) groups excluding carboxylic acids is 2. The monoisotopic (exact) mass is 403 g/mol. The molecule has 3 aliphatic rings. The molecule has 0 N–H and O–H groups in total. The molecule has 3 heterocycles. The van der Waals surface area contributed by atoms with Gasteiger partial charge in [-0.1, -0.05) is 6.08 Å². The fraction of sp³-hybridized carbons (Fsp3) is 0.700. The molecule has 0 saturated carbocycles. The van der Waals surface area contributed by atoms with Gasteiger partial charge in [-0.15, -0.1) is 0 Å². The number of rotatable bonds is 4. The second-order valence-corrected chi connectivity index (χ2v) is 9.84. The van der Waals surface area contributed by atoms with Crippen LogP contribution < -0.4 is 0 Å². The van der Waals surface area contributed by atoms with Crippen molar-refractivity contribution in [1.29, 1.82) is 0 Å². The molecule has 3 saturated heterocycles. The molecule has 0 radical (unpaired) electrons. The van der Waals surface area contributed by atoms with Crippen molar-refractivity contribution < 1.29 is 28.2 Å². The number of hydrogen-bond acceptors (Lipinski definition) is 6. The number of hydrogen-bond donors (Lipinski definition) is 0. The number of likely N-dealkylation sites (tertiary alicyclic amines) is 1. The highest BCUT2D eigenvalue weighted by atomic mass is 16.7. The molecule has 0 aromatic rings. The Morgan fingerprint density at radius 1 is 0.759 bits per heavy atom. The van der Waals surface area contributed by atoms with Gasteiger partial charge in [-0.2, -0.15) is 0 Å². The maximum atomic E-state index is 11.8. The second-order valence-electron chi connectivity index (χ2n) is 9.84. The number of allylic oxidation sites excluding steroid dienone is 2. The van der Waals surface area contributed by atoms with E-state index in [-0.39, 0.29) is 24.7 Å². The normalized spacial score (nSPS) is 27.4. The first-order chi connectivity index (χ1) is 13.2. The lowest BCUT2D eigenvalue weighted by molar-refractivity contribution is -0.135. The lowest BCUT2D eigenvalue weighted by atomic mass is 9.57. The maximum Gasteiger partial charge on any atom is 0.486 e. The van der Waals surface area contributed by atoms with Crippen LogP contribution in [0.2, 0.25) is 0 Å². The topological polar surface area (TPSA) is 74.3 Å². The smallest absolute Gasteiger partial charge is 0.400 e. The first-order valence-electron chi connectivity index (χ1n) is 10.1. The molecule has 3 aliphatic heterocycles. The summed E-state index contributed by atoms with van der Waals surface area (Å²) >= 11 is 0. The quantitative estimate of drug-likeness (QED) is 0.409. The number of amides is 2. The van der Waals surface area contributed by atoms with Gasteiger partial charge in [0.1, 0.15) is 0 Å². The molecule has 0 spiro atoms. The molecule has 0 atom stereocenters. The summed E-state index contributed by atoms with van der Waals surface area (Å²) in [7, 11) is -1.35. The number of carbonyl (C=O) groups is 2. The Morgan fingerprint density at radius 2 is 1.10 bits per heavy atom. The fourth-order valence-corrected chi connectivity index (χ4v) is 3.23. The molecule has 3 rings (SSSR count). The molecule has 0 aliphatic carbocycles. The van der Waals surface area contributed by atoms with Crippen molar-refractivity contribution in [3.63, 3.8) is 0 Å². The molecule has 29 heavy (non-hydrogen) atoms. The summed E-state index contributed by atoms with van der Waals surface area (Å²) in [6.07, 6.45) is 5.37. The fourth-order valence-electron chi connectivity index (χ4n) is 3.23. The summed E-state index contributed by atoms with van der Waals surface area (Å²) in [5, 5.41) is 0.651.